The zero-order chi connectivity index (χ0) is 13.2. The van der Waals surface area contributed by atoms with Gasteiger partial charge in [0.1, 0.15) is 0 Å². The van der Waals surface area contributed by atoms with Crippen LogP contribution in [0, 0.1) is 5.92 Å². The van der Waals surface area contributed by atoms with Crippen molar-refractivity contribution in [1.82, 2.24) is 5.32 Å². The molecule has 1 rings (SSSR count). The minimum atomic E-state index is -0.219. The van der Waals surface area contributed by atoms with E-state index in [1.54, 1.807) is 0 Å². The van der Waals surface area contributed by atoms with Crippen molar-refractivity contribution < 1.29 is 9.90 Å². The Balaban J connectivity index is 0.00000324. The van der Waals surface area contributed by atoms with Crippen molar-refractivity contribution in [1.29, 1.82) is 0 Å². The highest BCUT2D eigenvalue weighted by Crippen LogP contribution is 2.23. The van der Waals surface area contributed by atoms with Gasteiger partial charge in [-0.2, -0.15) is 0 Å². The number of aliphatic hydroxyl groups is 1. The van der Waals surface area contributed by atoms with Crippen LogP contribution in [0.5, 0.6) is 0 Å². The lowest BCUT2D eigenvalue weighted by atomic mass is 9.86. The molecule has 4 nitrogen and oxygen atoms in total. The maximum absolute atomic E-state index is 11.6. The number of halogens is 1. The molecule has 1 amide bonds. The van der Waals surface area contributed by atoms with Crippen LogP contribution in [0.1, 0.15) is 57.8 Å². The molecular weight excluding hydrogens is 264 g/mol. The number of nitrogens with one attached hydrogen (secondary N) is 1. The molecule has 1 saturated carbocycles. The van der Waals surface area contributed by atoms with E-state index in [2.05, 4.69) is 5.32 Å². The number of amides is 1. The first-order valence-electron chi connectivity index (χ1n) is 7.39. The third-order valence-electron chi connectivity index (χ3n) is 3.79. The second-order valence-electron chi connectivity index (χ2n) is 5.37. The van der Waals surface area contributed by atoms with Crippen molar-refractivity contribution in [2.45, 2.75) is 63.9 Å². The molecule has 0 bridgehead atoms. The van der Waals surface area contributed by atoms with Gasteiger partial charge in [-0.05, 0) is 32.2 Å². The molecule has 2 unspecified atom stereocenters. The van der Waals surface area contributed by atoms with E-state index in [1.165, 1.54) is 6.42 Å². The molecule has 0 spiro atoms. The normalized spacial score (nSPS) is 22.6. The number of carbonyl (C=O) groups excluding carboxylic acids is 1. The van der Waals surface area contributed by atoms with Crippen molar-refractivity contribution in [2.75, 3.05) is 13.1 Å². The van der Waals surface area contributed by atoms with E-state index in [-0.39, 0.29) is 30.3 Å². The predicted molar refractivity (Wildman–Crippen MR) is 80.4 cm³/mol. The summed E-state index contributed by atoms with van der Waals surface area (Å²) in [5, 5.41) is 12.7. The average molecular weight is 293 g/mol. The molecule has 0 aliphatic heterocycles. The highest BCUT2D eigenvalue weighted by atomic mass is 35.5. The Bertz CT molecular complexity index is 239. The van der Waals surface area contributed by atoms with E-state index < -0.39 is 0 Å². The molecule has 5 heteroatoms. The van der Waals surface area contributed by atoms with Gasteiger partial charge >= 0.3 is 0 Å². The summed E-state index contributed by atoms with van der Waals surface area (Å²) in [6, 6.07) is 0. The van der Waals surface area contributed by atoms with Crippen LogP contribution < -0.4 is 11.1 Å². The van der Waals surface area contributed by atoms with Crippen molar-refractivity contribution in [3.05, 3.63) is 0 Å². The van der Waals surface area contributed by atoms with E-state index >= 15 is 0 Å². The fourth-order valence-corrected chi connectivity index (χ4v) is 2.54. The monoisotopic (exact) mass is 292 g/mol. The molecule has 0 aromatic carbocycles. The van der Waals surface area contributed by atoms with E-state index in [0.717, 1.165) is 51.5 Å². The summed E-state index contributed by atoms with van der Waals surface area (Å²) in [7, 11) is 0. The van der Waals surface area contributed by atoms with Crippen LogP contribution in [-0.2, 0) is 4.79 Å². The highest BCUT2D eigenvalue weighted by molar-refractivity contribution is 5.85. The van der Waals surface area contributed by atoms with Gasteiger partial charge in [0.2, 0.25) is 5.91 Å². The third kappa shape index (κ3) is 8.45. The van der Waals surface area contributed by atoms with Crippen LogP contribution in [0.4, 0.5) is 0 Å². The van der Waals surface area contributed by atoms with E-state index in [1.807, 2.05) is 0 Å². The standard InChI is InChI=1S/C14H28N2O2.ClH/c15-10-6-2-1-3-9-14(18)16-11-12-7-4-5-8-13(12)17;/h12-13,17H,1-11,15H2,(H,16,18);1H. The summed E-state index contributed by atoms with van der Waals surface area (Å²) in [4.78, 5) is 11.6. The first-order chi connectivity index (χ1) is 8.74. The smallest absolute Gasteiger partial charge is 0.220 e. The summed E-state index contributed by atoms with van der Waals surface area (Å²) in [6.45, 7) is 1.38. The van der Waals surface area contributed by atoms with Gasteiger partial charge in [-0.25, -0.2) is 0 Å². The fraction of sp³-hybridized carbons (Fsp3) is 0.929. The van der Waals surface area contributed by atoms with Gasteiger partial charge in [0.05, 0.1) is 6.10 Å². The van der Waals surface area contributed by atoms with Crippen molar-refractivity contribution in [2.24, 2.45) is 11.7 Å². The zero-order valence-electron chi connectivity index (χ0n) is 11.8. The Labute approximate surface area is 122 Å². The number of carbonyl (C=O) groups is 1. The summed E-state index contributed by atoms with van der Waals surface area (Å²) < 4.78 is 0. The second-order valence-corrected chi connectivity index (χ2v) is 5.37. The number of hydrogen-bond acceptors (Lipinski definition) is 3. The second kappa shape index (κ2) is 11.5. The molecule has 0 aromatic rings. The lowest BCUT2D eigenvalue weighted by Crippen LogP contribution is -2.36. The van der Waals surface area contributed by atoms with Gasteiger partial charge in [-0.15, -0.1) is 12.4 Å². The molecule has 0 heterocycles. The van der Waals surface area contributed by atoms with Gasteiger partial charge in [0.15, 0.2) is 0 Å². The summed E-state index contributed by atoms with van der Waals surface area (Å²) in [5.74, 6) is 0.389. The molecule has 0 radical (unpaired) electrons. The molecule has 1 aliphatic rings. The van der Waals surface area contributed by atoms with Crippen LogP contribution >= 0.6 is 12.4 Å². The van der Waals surface area contributed by atoms with Crippen LogP contribution in [0.25, 0.3) is 0 Å². The first-order valence-corrected chi connectivity index (χ1v) is 7.39. The van der Waals surface area contributed by atoms with Gasteiger partial charge in [-0.3, -0.25) is 4.79 Å². The van der Waals surface area contributed by atoms with Crippen molar-refractivity contribution in [3.8, 4) is 0 Å². The average Bonchev–Trinajstić information content (AvgIpc) is 2.37. The maximum atomic E-state index is 11.6. The van der Waals surface area contributed by atoms with Crippen molar-refractivity contribution >= 4 is 18.3 Å². The Morgan fingerprint density at radius 1 is 1.16 bits per heavy atom. The van der Waals surface area contributed by atoms with Gasteiger partial charge in [0.25, 0.3) is 0 Å². The number of nitrogens with two attached hydrogens (primary N) is 1. The van der Waals surface area contributed by atoms with E-state index in [4.69, 9.17) is 5.73 Å². The summed E-state index contributed by atoms with van der Waals surface area (Å²) >= 11 is 0. The van der Waals surface area contributed by atoms with Crippen molar-refractivity contribution in [3.63, 3.8) is 0 Å². The van der Waals surface area contributed by atoms with Gasteiger partial charge < -0.3 is 16.2 Å². The van der Waals surface area contributed by atoms with Crippen LogP contribution in [0.3, 0.4) is 0 Å². The van der Waals surface area contributed by atoms with E-state index in [9.17, 15) is 9.90 Å². The Morgan fingerprint density at radius 3 is 2.53 bits per heavy atom. The molecule has 0 aromatic heterocycles. The molecule has 0 saturated heterocycles. The van der Waals surface area contributed by atoms with Gasteiger partial charge in [-0.1, -0.05) is 25.7 Å². The van der Waals surface area contributed by atoms with Crippen LogP contribution in [0.2, 0.25) is 0 Å². The summed E-state index contributed by atoms with van der Waals surface area (Å²) in [5.41, 5.74) is 5.41. The first kappa shape index (κ1) is 18.7. The number of hydrogen-bond donors (Lipinski definition) is 3. The quantitative estimate of drug-likeness (QED) is 0.599. The lowest BCUT2D eigenvalue weighted by Gasteiger charge is -2.27. The minimum Gasteiger partial charge on any atom is -0.393 e. The Kier molecular flexibility index (Phi) is 11.3. The highest BCUT2D eigenvalue weighted by Gasteiger charge is 2.22. The van der Waals surface area contributed by atoms with Gasteiger partial charge in [0, 0.05) is 18.9 Å². The zero-order valence-corrected chi connectivity index (χ0v) is 12.6. The Hall–Kier alpha value is -0.320. The maximum Gasteiger partial charge on any atom is 0.220 e. The molecule has 2 atom stereocenters. The number of unbranched alkanes of at least 4 members (excludes halogenated alkanes) is 3. The minimum absolute atomic E-state index is 0. The summed E-state index contributed by atoms with van der Waals surface area (Å²) in [6.07, 6.45) is 8.80. The lowest BCUT2D eigenvalue weighted by molar-refractivity contribution is -0.121. The Morgan fingerprint density at radius 2 is 1.84 bits per heavy atom. The van der Waals surface area contributed by atoms with Crippen LogP contribution in [0.15, 0.2) is 0 Å². The predicted octanol–water partition coefficient (Wildman–Crippen LogP) is 1.98. The third-order valence-corrected chi connectivity index (χ3v) is 3.79. The number of aliphatic hydroxyl groups excluding tert-OH is 1. The molecule has 1 fully saturated rings. The van der Waals surface area contributed by atoms with Crippen LogP contribution in [-0.4, -0.2) is 30.2 Å². The molecule has 1 aliphatic carbocycles. The molecule has 114 valence electrons. The van der Waals surface area contributed by atoms with E-state index in [0.29, 0.717) is 13.0 Å². The molecular formula is C14H29ClN2O2. The largest absolute Gasteiger partial charge is 0.393 e. The SMILES string of the molecule is Cl.NCCCCCCC(=O)NCC1CCCCC1O. The molecule has 4 N–H and O–H groups in total. The molecule has 19 heavy (non-hydrogen) atoms. The number of rotatable bonds is 8. The fourth-order valence-electron chi connectivity index (χ4n) is 2.54. The topological polar surface area (TPSA) is 75.4 Å².